The average Bonchev–Trinajstić information content (AvgIpc) is 4.11. The molecule has 6 heterocycles. The third-order valence-corrected chi connectivity index (χ3v) is 14.2. The normalized spacial score (nSPS) is 35.2. The number of imide groups is 1. The van der Waals surface area contributed by atoms with Crippen LogP contribution in [0.1, 0.15) is 51.6 Å². The smallest absolute Gasteiger partial charge is 0.335 e. The monoisotopic (exact) mass is 1100 g/mol. The molecule has 6 unspecified atom stereocenters. The number of aromatic nitrogens is 3. The molecule has 3 amide bonds. The number of amides is 3. The van der Waals surface area contributed by atoms with Crippen LogP contribution in [0.2, 0.25) is 0 Å². The van der Waals surface area contributed by atoms with Gasteiger partial charge in [0.15, 0.2) is 25.0 Å². The number of aliphatic carboxylic acids is 1. The summed E-state index contributed by atoms with van der Waals surface area (Å²) in [7, 11) is 0. The van der Waals surface area contributed by atoms with Crippen molar-refractivity contribution in [3.05, 3.63) is 49.5 Å². The van der Waals surface area contributed by atoms with Crippen molar-refractivity contribution in [2.75, 3.05) is 59.3 Å². The fourth-order valence-electron chi connectivity index (χ4n) is 9.66. The molecule has 0 spiro atoms. The second kappa shape index (κ2) is 29.1. The quantitative estimate of drug-likeness (QED) is 0.0192. The van der Waals surface area contributed by atoms with Gasteiger partial charge in [0.25, 0.3) is 0 Å². The van der Waals surface area contributed by atoms with Gasteiger partial charge in [0, 0.05) is 31.8 Å². The molecule has 77 heavy (non-hydrogen) atoms. The fourth-order valence-corrected chi connectivity index (χ4v) is 9.66. The van der Waals surface area contributed by atoms with Crippen LogP contribution >= 0.6 is 0 Å². The van der Waals surface area contributed by atoms with Crippen molar-refractivity contribution in [1.82, 2.24) is 30.1 Å². The largest absolute Gasteiger partial charge is 0.479 e. The minimum atomic E-state index is -1.85. The van der Waals surface area contributed by atoms with E-state index in [0.29, 0.717) is 56.8 Å². The maximum atomic E-state index is 13.8. The number of fused-ring (bicyclic) bond motifs is 1. The van der Waals surface area contributed by atoms with E-state index in [2.05, 4.69) is 35.4 Å². The number of unbranched alkanes of at least 4 members (excludes halogenated alkanes) is 2. The molecule has 1 aromatic heterocycles. The molecule has 434 valence electrons. The lowest BCUT2D eigenvalue weighted by Gasteiger charge is -2.45. The fraction of sp³-hybridized carbons (Fsp3) is 0.755. The van der Waals surface area contributed by atoms with Gasteiger partial charge in [0.05, 0.1) is 107 Å². The van der Waals surface area contributed by atoms with E-state index in [9.17, 15) is 54.9 Å². The summed E-state index contributed by atoms with van der Waals surface area (Å²) in [6.45, 7) is 16.5. The van der Waals surface area contributed by atoms with Crippen molar-refractivity contribution in [1.29, 1.82) is 0 Å². The Morgan fingerprint density at radius 2 is 1.34 bits per heavy atom. The van der Waals surface area contributed by atoms with Gasteiger partial charge >= 0.3 is 5.97 Å². The first-order valence-corrected chi connectivity index (χ1v) is 25.9. The van der Waals surface area contributed by atoms with E-state index in [1.165, 1.54) is 28.7 Å². The molecule has 5 aliphatic rings. The standard InChI is InChI=1S/C49H78N8O20/c1-6-29-32-33(30(7-2)75-29)45(66)57(44(32)65)15-10-8-9-14-55(31(58)12-11-25(3)52-13-17-69-19-21-71-47-34(50)38(61)36(59)26(4)73-47)23-28-24-56(54-53-28)16-18-70-20-22-72-49-41(64)40(63)42(43(77-49)46(67)68)76-48-35(51)39(62)37(60)27(5)74-48/h6-7,24,26-27,29-30,32-43,47-49,52,59-64H,1-3,8-23,50-51H2,4-5H3,(H,67,68)/t26?,27?,29-,30+,32+,33-,34?,35?,36-,37-,38-,39-,40-,41?,42+,43?,47+,48-,49-/m1/s1. The van der Waals surface area contributed by atoms with E-state index in [0.717, 1.165) is 0 Å². The lowest BCUT2D eigenvalue weighted by atomic mass is 9.89. The number of aliphatic hydroxyl groups excluding tert-OH is 6. The first-order valence-electron chi connectivity index (χ1n) is 25.9. The molecule has 0 aromatic carbocycles. The summed E-state index contributed by atoms with van der Waals surface area (Å²) in [6, 6.07) is -2.23. The van der Waals surface area contributed by atoms with Crippen LogP contribution < -0.4 is 16.8 Å². The van der Waals surface area contributed by atoms with E-state index in [1.807, 2.05) is 0 Å². The number of nitrogens with zero attached hydrogens (tertiary/aromatic N) is 5. The zero-order valence-corrected chi connectivity index (χ0v) is 43.5. The second-order valence-corrected chi connectivity index (χ2v) is 19.6. The lowest BCUT2D eigenvalue weighted by molar-refractivity contribution is -0.337. The number of nitrogens with two attached hydrogens (primary N) is 2. The summed E-state index contributed by atoms with van der Waals surface area (Å²) in [5.41, 5.74) is 13.0. The van der Waals surface area contributed by atoms with Crippen LogP contribution in [0.25, 0.3) is 0 Å². The maximum absolute atomic E-state index is 13.8. The zero-order chi connectivity index (χ0) is 56.1. The summed E-state index contributed by atoms with van der Waals surface area (Å²) in [5, 5.41) is 83.4. The van der Waals surface area contributed by atoms with Crippen molar-refractivity contribution >= 4 is 23.7 Å². The van der Waals surface area contributed by atoms with E-state index in [-0.39, 0.29) is 76.8 Å². The number of rotatable bonds is 31. The Hall–Kier alpha value is -4.44. The first kappa shape index (κ1) is 61.8. The lowest BCUT2D eigenvalue weighted by Crippen LogP contribution is -2.66. The Bertz CT molecular complexity index is 2090. The van der Waals surface area contributed by atoms with Gasteiger partial charge in [-0.1, -0.05) is 23.9 Å². The highest BCUT2D eigenvalue weighted by Gasteiger charge is 2.58. The minimum Gasteiger partial charge on any atom is -0.479 e. The Labute approximate surface area is 445 Å². The number of hydrogen-bond acceptors (Lipinski definition) is 24. The molecule has 6 rings (SSSR count). The van der Waals surface area contributed by atoms with Crippen LogP contribution in [0.4, 0.5) is 0 Å². The molecule has 0 saturated carbocycles. The third-order valence-electron chi connectivity index (χ3n) is 14.2. The van der Waals surface area contributed by atoms with Crippen molar-refractivity contribution in [2.45, 2.75) is 163 Å². The van der Waals surface area contributed by atoms with Crippen LogP contribution in [-0.4, -0.2) is 248 Å². The summed E-state index contributed by atoms with van der Waals surface area (Å²) >= 11 is 0. The summed E-state index contributed by atoms with van der Waals surface area (Å²) < 4.78 is 51.8. The van der Waals surface area contributed by atoms with Crippen molar-refractivity contribution in [3.8, 4) is 0 Å². The number of nitrogens with one attached hydrogen (secondary N) is 1. The van der Waals surface area contributed by atoms with Crippen LogP contribution in [0.3, 0.4) is 0 Å². The first-order chi connectivity index (χ1) is 36.8. The molecule has 0 radical (unpaired) electrons. The Kier molecular flexibility index (Phi) is 23.4. The van der Waals surface area contributed by atoms with Gasteiger partial charge in [-0.25, -0.2) is 9.48 Å². The van der Waals surface area contributed by atoms with Gasteiger partial charge < -0.3 is 100 Å². The van der Waals surface area contributed by atoms with Crippen LogP contribution in [-0.2, 0) is 74.9 Å². The van der Waals surface area contributed by atoms with Crippen LogP contribution in [0.5, 0.6) is 0 Å². The predicted molar refractivity (Wildman–Crippen MR) is 264 cm³/mol. The maximum Gasteiger partial charge on any atom is 0.335 e. The Morgan fingerprint density at radius 1 is 0.740 bits per heavy atom. The number of likely N-dealkylation sites (tertiary alicyclic amines) is 1. The summed E-state index contributed by atoms with van der Waals surface area (Å²) in [6.07, 6.45) is -12.1. The zero-order valence-electron chi connectivity index (χ0n) is 43.5. The number of allylic oxidation sites excluding steroid dienone is 1. The SMILES string of the molecule is C=C[C@@H]1O[C@H](C=C)[C@@H]2C(=O)N(CCCCCN(Cc3cn(CCOCCO[C@@H]4OC(C(=O)O)[C@@H](O[C@H]5OC(C)[C@@H](O)[C@H](O)C5N)[C@H](O)C4O)nn3)C(=O)CCC(=C)NCCOCCO[C@H]3OC(C)[C@@H](O)[C@H](O)C3N)C(=O)[C@@H]21. The summed E-state index contributed by atoms with van der Waals surface area (Å²) in [5.74, 6) is -3.57. The second-order valence-electron chi connectivity index (χ2n) is 19.6. The topological polar surface area (TPSA) is 394 Å². The van der Waals surface area contributed by atoms with Gasteiger partial charge in [-0.15, -0.1) is 18.3 Å². The Morgan fingerprint density at radius 3 is 1.96 bits per heavy atom. The molecule has 12 N–H and O–H groups in total. The molecule has 5 aliphatic heterocycles. The molecule has 5 saturated heterocycles. The highest BCUT2D eigenvalue weighted by atomic mass is 16.7. The van der Waals surface area contributed by atoms with E-state index in [1.54, 1.807) is 18.0 Å². The summed E-state index contributed by atoms with van der Waals surface area (Å²) in [4.78, 5) is 55.5. The van der Waals surface area contributed by atoms with Crippen LogP contribution in [0.15, 0.2) is 43.8 Å². The molecular weight excluding hydrogens is 1020 g/mol. The predicted octanol–water partition coefficient (Wildman–Crippen LogP) is -4.03. The Balaban J connectivity index is 0.932. The number of aliphatic hydroxyl groups is 6. The van der Waals surface area contributed by atoms with Gasteiger partial charge in [0.2, 0.25) is 17.7 Å². The molecule has 0 aliphatic carbocycles. The highest BCUT2D eigenvalue weighted by molar-refractivity contribution is 6.06. The van der Waals surface area contributed by atoms with Crippen molar-refractivity contribution in [3.63, 3.8) is 0 Å². The number of ether oxygens (including phenoxy) is 9. The van der Waals surface area contributed by atoms with Crippen LogP contribution in [0, 0.1) is 11.8 Å². The number of carbonyl (C=O) groups excluding carboxylic acids is 3. The van der Waals surface area contributed by atoms with Crippen molar-refractivity contribution < 1.29 is 97.6 Å². The van der Waals surface area contributed by atoms with E-state index >= 15 is 0 Å². The van der Waals surface area contributed by atoms with E-state index in [4.69, 9.17) is 54.1 Å². The number of hydrogen-bond donors (Lipinski definition) is 10. The number of carbonyl (C=O) groups is 4. The molecule has 5 fully saturated rings. The average molecular weight is 1100 g/mol. The molecule has 28 nitrogen and oxygen atoms in total. The highest BCUT2D eigenvalue weighted by Crippen LogP contribution is 2.41. The van der Waals surface area contributed by atoms with Gasteiger partial charge in [-0.2, -0.15) is 0 Å². The molecular formula is C49H78N8O20. The molecule has 28 heteroatoms. The molecule has 1 aromatic rings. The van der Waals surface area contributed by atoms with E-state index < -0.39 is 122 Å². The third kappa shape index (κ3) is 15.7. The number of carboxylic acid groups (broad SMARTS) is 1. The number of carboxylic acids is 1. The van der Waals surface area contributed by atoms with Gasteiger partial charge in [-0.3, -0.25) is 19.3 Å². The molecule has 0 bridgehead atoms. The molecule has 19 atom stereocenters. The van der Waals surface area contributed by atoms with Crippen molar-refractivity contribution in [2.24, 2.45) is 23.3 Å². The van der Waals surface area contributed by atoms with Gasteiger partial charge in [-0.05, 0) is 39.5 Å². The minimum absolute atomic E-state index is 0.0414. The van der Waals surface area contributed by atoms with Gasteiger partial charge in [0.1, 0.15) is 48.4 Å².